The second-order valence-corrected chi connectivity index (χ2v) is 8.13. The molecule has 1 aliphatic heterocycles. The first-order valence-electron chi connectivity index (χ1n) is 9.87. The molecule has 1 aromatic heterocycles. The first kappa shape index (κ1) is 19.6. The minimum atomic E-state index is 0.0474. The van der Waals surface area contributed by atoms with E-state index in [1.165, 1.54) is 0 Å². The zero-order chi connectivity index (χ0) is 20.1. The van der Waals surface area contributed by atoms with Crippen LogP contribution in [-0.4, -0.2) is 53.5 Å². The third kappa shape index (κ3) is 5.22. The van der Waals surface area contributed by atoms with Crippen LogP contribution >= 0.6 is 11.3 Å². The Morgan fingerprint density at radius 3 is 2.62 bits per heavy atom. The molecule has 2 aromatic carbocycles. The molecule has 6 heteroatoms. The van der Waals surface area contributed by atoms with E-state index in [0.717, 1.165) is 60.3 Å². The Hall–Kier alpha value is -2.70. The molecule has 0 aliphatic carbocycles. The number of aromatic nitrogens is 1. The number of amides is 1. The Bertz CT molecular complexity index is 950. The molecule has 2 heterocycles. The standard InChI is InChI=1S/C23H25N3O2S/c1-18-6-5-9-21(14-18)28-16-22(27)26-12-10-25(11-13-26)15-20-17-29-23(24-20)19-7-3-2-4-8-19/h2-9,14,17H,10-13,15-16H2,1H3. The number of ether oxygens (including phenoxy) is 1. The summed E-state index contributed by atoms with van der Waals surface area (Å²) in [5.41, 5.74) is 3.38. The van der Waals surface area contributed by atoms with Crippen molar-refractivity contribution in [2.45, 2.75) is 13.5 Å². The van der Waals surface area contributed by atoms with Crippen molar-refractivity contribution in [3.8, 4) is 16.3 Å². The third-order valence-corrected chi connectivity index (χ3v) is 5.98. The van der Waals surface area contributed by atoms with E-state index in [-0.39, 0.29) is 12.5 Å². The van der Waals surface area contributed by atoms with Crippen molar-refractivity contribution in [3.63, 3.8) is 0 Å². The van der Waals surface area contributed by atoms with E-state index >= 15 is 0 Å². The smallest absolute Gasteiger partial charge is 0.260 e. The minimum absolute atomic E-state index is 0.0474. The molecule has 150 valence electrons. The summed E-state index contributed by atoms with van der Waals surface area (Å²) in [4.78, 5) is 21.5. The molecule has 1 amide bonds. The number of piperazine rings is 1. The van der Waals surface area contributed by atoms with E-state index in [0.29, 0.717) is 0 Å². The van der Waals surface area contributed by atoms with Crippen molar-refractivity contribution >= 4 is 17.2 Å². The van der Waals surface area contributed by atoms with Gasteiger partial charge in [-0.2, -0.15) is 0 Å². The zero-order valence-electron chi connectivity index (χ0n) is 16.6. The summed E-state index contributed by atoms with van der Waals surface area (Å²) < 4.78 is 5.66. The Morgan fingerprint density at radius 1 is 1.07 bits per heavy atom. The van der Waals surface area contributed by atoms with Gasteiger partial charge in [0.1, 0.15) is 10.8 Å². The van der Waals surface area contributed by atoms with Gasteiger partial charge in [0.05, 0.1) is 5.69 Å². The molecular weight excluding hydrogens is 382 g/mol. The summed E-state index contributed by atoms with van der Waals surface area (Å²) in [6.45, 7) is 6.10. The third-order valence-electron chi connectivity index (χ3n) is 5.03. The number of benzene rings is 2. The van der Waals surface area contributed by atoms with Gasteiger partial charge in [0.2, 0.25) is 0 Å². The van der Waals surface area contributed by atoms with Crippen LogP contribution in [0.2, 0.25) is 0 Å². The number of carbonyl (C=O) groups is 1. The highest BCUT2D eigenvalue weighted by Crippen LogP contribution is 2.24. The predicted molar refractivity (Wildman–Crippen MR) is 116 cm³/mol. The molecule has 4 rings (SSSR count). The Morgan fingerprint density at radius 2 is 1.86 bits per heavy atom. The van der Waals surface area contributed by atoms with Gasteiger partial charge in [0.25, 0.3) is 5.91 Å². The van der Waals surface area contributed by atoms with Crippen LogP contribution in [0.25, 0.3) is 10.6 Å². The van der Waals surface area contributed by atoms with Crippen LogP contribution in [0.1, 0.15) is 11.3 Å². The molecule has 3 aromatic rings. The monoisotopic (exact) mass is 407 g/mol. The molecule has 29 heavy (non-hydrogen) atoms. The van der Waals surface area contributed by atoms with Gasteiger partial charge < -0.3 is 9.64 Å². The molecule has 0 N–H and O–H groups in total. The fourth-order valence-electron chi connectivity index (χ4n) is 3.42. The van der Waals surface area contributed by atoms with Gasteiger partial charge in [-0.3, -0.25) is 9.69 Å². The molecule has 0 spiro atoms. The van der Waals surface area contributed by atoms with E-state index in [4.69, 9.17) is 9.72 Å². The van der Waals surface area contributed by atoms with Crippen LogP contribution in [0.5, 0.6) is 5.75 Å². The van der Waals surface area contributed by atoms with Crippen LogP contribution in [0.3, 0.4) is 0 Å². The molecule has 5 nitrogen and oxygen atoms in total. The van der Waals surface area contributed by atoms with Crippen LogP contribution < -0.4 is 4.74 Å². The number of rotatable bonds is 6. The summed E-state index contributed by atoms with van der Waals surface area (Å²) in [6, 6.07) is 18.1. The van der Waals surface area contributed by atoms with Gasteiger partial charge in [-0.1, -0.05) is 42.5 Å². The van der Waals surface area contributed by atoms with Crippen molar-refractivity contribution in [2.24, 2.45) is 0 Å². The molecule has 1 saturated heterocycles. The topological polar surface area (TPSA) is 45.7 Å². The lowest BCUT2D eigenvalue weighted by molar-refractivity contribution is -0.135. The van der Waals surface area contributed by atoms with Gasteiger partial charge in [0, 0.05) is 43.7 Å². The van der Waals surface area contributed by atoms with Crippen molar-refractivity contribution in [1.29, 1.82) is 0 Å². The molecule has 0 saturated carbocycles. The minimum Gasteiger partial charge on any atom is -0.484 e. The molecule has 0 radical (unpaired) electrons. The molecule has 1 aliphatic rings. The van der Waals surface area contributed by atoms with Crippen LogP contribution in [-0.2, 0) is 11.3 Å². The quantitative estimate of drug-likeness (QED) is 0.623. The Kier molecular flexibility index (Phi) is 6.22. The van der Waals surface area contributed by atoms with E-state index < -0.39 is 0 Å². The fourth-order valence-corrected chi connectivity index (χ4v) is 4.24. The summed E-state index contributed by atoms with van der Waals surface area (Å²) in [5, 5.41) is 3.19. The second-order valence-electron chi connectivity index (χ2n) is 7.27. The van der Waals surface area contributed by atoms with Crippen molar-refractivity contribution < 1.29 is 9.53 Å². The van der Waals surface area contributed by atoms with Crippen LogP contribution in [0.4, 0.5) is 0 Å². The maximum absolute atomic E-state index is 12.5. The van der Waals surface area contributed by atoms with Crippen molar-refractivity contribution in [2.75, 3.05) is 32.8 Å². The molecule has 1 fully saturated rings. The lowest BCUT2D eigenvalue weighted by Gasteiger charge is -2.34. The Balaban J connectivity index is 1.24. The first-order chi connectivity index (χ1) is 14.2. The molecule has 0 bridgehead atoms. The first-order valence-corrected chi connectivity index (χ1v) is 10.7. The van der Waals surface area contributed by atoms with E-state index in [2.05, 4.69) is 22.4 Å². The summed E-state index contributed by atoms with van der Waals surface area (Å²) in [7, 11) is 0. The molecule has 0 atom stereocenters. The van der Waals surface area contributed by atoms with Crippen molar-refractivity contribution in [3.05, 3.63) is 71.2 Å². The van der Waals surface area contributed by atoms with Gasteiger partial charge in [0.15, 0.2) is 6.61 Å². The van der Waals surface area contributed by atoms with Crippen LogP contribution in [0, 0.1) is 6.92 Å². The maximum Gasteiger partial charge on any atom is 0.260 e. The van der Waals surface area contributed by atoms with Gasteiger partial charge in [-0.15, -0.1) is 11.3 Å². The van der Waals surface area contributed by atoms with E-state index in [9.17, 15) is 4.79 Å². The van der Waals surface area contributed by atoms with Crippen LogP contribution in [0.15, 0.2) is 60.0 Å². The zero-order valence-corrected chi connectivity index (χ0v) is 17.4. The van der Waals surface area contributed by atoms with Crippen molar-refractivity contribution in [1.82, 2.24) is 14.8 Å². The predicted octanol–water partition coefficient (Wildman–Crippen LogP) is 3.84. The SMILES string of the molecule is Cc1cccc(OCC(=O)N2CCN(Cc3csc(-c4ccccc4)n3)CC2)c1. The average Bonchev–Trinajstić information content (AvgIpc) is 3.22. The Labute approximate surface area is 175 Å². The summed E-state index contributed by atoms with van der Waals surface area (Å²) in [6.07, 6.45) is 0. The number of carbonyl (C=O) groups excluding carboxylic acids is 1. The molecule has 0 unspecified atom stereocenters. The molecular formula is C23H25N3O2S. The van der Waals surface area contributed by atoms with Gasteiger partial charge >= 0.3 is 0 Å². The highest BCUT2D eigenvalue weighted by atomic mass is 32.1. The maximum atomic E-state index is 12.5. The number of hydrogen-bond donors (Lipinski definition) is 0. The summed E-state index contributed by atoms with van der Waals surface area (Å²) in [5.74, 6) is 0.793. The second kappa shape index (κ2) is 9.20. The lowest BCUT2D eigenvalue weighted by atomic mass is 10.2. The van der Waals surface area contributed by atoms with Gasteiger partial charge in [-0.25, -0.2) is 4.98 Å². The fraction of sp³-hybridized carbons (Fsp3) is 0.304. The summed E-state index contributed by atoms with van der Waals surface area (Å²) >= 11 is 1.68. The highest BCUT2D eigenvalue weighted by molar-refractivity contribution is 7.13. The number of hydrogen-bond acceptors (Lipinski definition) is 5. The highest BCUT2D eigenvalue weighted by Gasteiger charge is 2.22. The van der Waals surface area contributed by atoms with E-state index in [1.54, 1.807) is 11.3 Å². The van der Waals surface area contributed by atoms with Gasteiger partial charge in [-0.05, 0) is 24.6 Å². The number of thiazole rings is 1. The van der Waals surface area contributed by atoms with E-state index in [1.807, 2.05) is 54.3 Å². The lowest BCUT2D eigenvalue weighted by Crippen LogP contribution is -2.49. The normalized spacial score (nSPS) is 14.7. The number of nitrogens with zero attached hydrogens (tertiary/aromatic N) is 3. The largest absolute Gasteiger partial charge is 0.484 e. The average molecular weight is 408 g/mol. The number of aryl methyl sites for hydroxylation is 1.